The summed E-state index contributed by atoms with van der Waals surface area (Å²) in [5.41, 5.74) is 4.64. The smallest absolute Gasteiger partial charge is 0.126 e. The van der Waals surface area contributed by atoms with Gasteiger partial charge in [0, 0.05) is 49.1 Å². The SMILES string of the molecule is C=C(/C=C(\C=C/C)c1cccc(OCCCC(C)C)c1)N1CCC(C(=C)N2N=CCC2c2cc(F)cc(F)c2)CC1. The highest BCUT2D eigenvalue weighted by Crippen LogP contribution is 2.37. The van der Waals surface area contributed by atoms with Crippen LogP contribution in [0.25, 0.3) is 5.57 Å². The third kappa shape index (κ3) is 8.18. The van der Waals surface area contributed by atoms with E-state index in [-0.39, 0.29) is 12.0 Å². The predicted octanol–water partition coefficient (Wildman–Crippen LogP) is 8.91. The van der Waals surface area contributed by atoms with Gasteiger partial charge in [-0.05, 0) is 85.6 Å². The number of hydrogen-bond donors (Lipinski definition) is 0. The topological polar surface area (TPSA) is 28.1 Å². The van der Waals surface area contributed by atoms with E-state index in [0.717, 1.165) is 79.7 Å². The van der Waals surface area contributed by atoms with Crippen molar-refractivity contribution in [2.45, 2.75) is 58.9 Å². The van der Waals surface area contributed by atoms with Crippen molar-refractivity contribution in [1.29, 1.82) is 0 Å². The average molecular weight is 560 g/mol. The molecule has 6 heteroatoms. The van der Waals surface area contributed by atoms with E-state index in [1.54, 1.807) is 6.21 Å². The fourth-order valence-corrected chi connectivity index (χ4v) is 5.55. The fourth-order valence-electron chi connectivity index (χ4n) is 5.55. The molecular weight excluding hydrogens is 516 g/mol. The highest BCUT2D eigenvalue weighted by atomic mass is 19.1. The fraction of sp³-hybridized carbons (Fsp3) is 0.400. The second-order valence-corrected chi connectivity index (χ2v) is 11.4. The van der Waals surface area contributed by atoms with E-state index in [4.69, 9.17) is 4.74 Å². The molecule has 0 aromatic heterocycles. The number of piperidine rings is 1. The van der Waals surface area contributed by atoms with Gasteiger partial charge in [0.05, 0.1) is 12.6 Å². The zero-order chi connectivity index (χ0) is 29.4. The summed E-state index contributed by atoms with van der Waals surface area (Å²) in [5, 5.41) is 6.37. The van der Waals surface area contributed by atoms with Crippen LogP contribution in [-0.2, 0) is 0 Å². The summed E-state index contributed by atoms with van der Waals surface area (Å²) in [5.74, 6) is 0.653. The number of rotatable bonds is 12. The van der Waals surface area contributed by atoms with Crippen LogP contribution in [0.1, 0.15) is 70.0 Å². The molecule has 0 N–H and O–H groups in total. The van der Waals surface area contributed by atoms with Gasteiger partial charge in [0.15, 0.2) is 0 Å². The maximum atomic E-state index is 13.9. The lowest BCUT2D eigenvalue weighted by Crippen LogP contribution is -2.35. The largest absolute Gasteiger partial charge is 0.494 e. The van der Waals surface area contributed by atoms with E-state index in [0.29, 0.717) is 17.9 Å². The Bertz CT molecular complexity index is 1280. The van der Waals surface area contributed by atoms with E-state index in [1.165, 1.54) is 12.1 Å². The van der Waals surface area contributed by atoms with Crippen molar-refractivity contribution in [3.63, 3.8) is 0 Å². The van der Waals surface area contributed by atoms with Crippen molar-refractivity contribution in [2.75, 3.05) is 19.7 Å². The molecule has 2 aromatic carbocycles. The van der Waals surface area contributed by atoms with E-state index < -0.39 is 11.6 Å². The van der Waals surface area contributed by atoms with Crippen LogP contribution in [0.15, 0.2) is 90.3 Å². The van der Waals surface area contributed by atoms with Crippen LogP contribution in [0, 0.1) is 23.5 Å². The number of nitrogens with zero attached hydrogens (tertiary/aromatic N) is 3. The maximum Gasteiger partial charge on any atom is 0.126 e. The van der Waals surface area contributed by atoms with Crippen molar-refractivity contribution in [3.8, 4) is 5.75 Å². The Labute approximate surface area is 244 Å². The summed E-state index contributed by atoms with van der Waals surface area (Å²) in [6.07, 6.45) is 12.7. The monoisotopic (exact) mass is 559 g/mol. The minimum absolute atomic E-state index is 0.234. The Hall–Kier alpha value is -3.67. The Balaban J connectivity index is 1.37. The van der Waals surface area contributed by atoms with Gasteiger partial charge in [-0.25, -0.2) is 8.78 Å². The lowest BCUT2D eigenvalue weighted by molar-refractivity contribution is 0.198. The molecule has 218 valence electrons. The summed E-state index contributed by atoms with van der Waals surface area (Å²) < 4.78 is 33.8. The summed E-state index contributed by atoms with van der Waals surface area (Å²) in [6.45, 7) is 17.7. The molecule has 1 unspecified atom stereocenters. The second-order valence-electron chi connectivity index (χ2n) is 11.4. The maximum absolute atomic E-state index is 13.9. The van der Waals surface area contributed by atoms with E-state index in [2.05, 4.69) is 61.3 Å². The molecule has 0 radical (unpaired) electrons. The molecule has 2 aliphatic rings. The van der Waals surface area contributed by atoms with Crippen LogP contribution < -0.4 is 4.74 Å². The van der Waals surface area contributed by atoms with E-state index in [1.807, 2.05) is 30.1 Å². The highest BCUT2D eigenvalue weighted by Gasteiger charge is 2.31. The number of ether oxygens (including phenoxy) is 1. The van der Waals surface area contributed by atoms with Gasteiger partial charge >= 0.3 is 0 Å². The van der Waals surface area contributed by atoms with Gasteiger partial charge in [-0.3, -0.25) is 5.01 Å². The molecule has 0 bridgehead atoms. The molecule has 2 aromatic rings. The Kier molecular flexibility index (Phi) is 10.6. The molecule has 2 aliphatic heterocycles. The predicted molar refractivity (Wildman–Crippen MR) is 165 cm³/mol. The number of likely N-dealkylation sites (tertiary alicyclic amines) is 1. The molecule has 0 saturated carbocycles. The van der Waals surface area contributed by atoms with Crippen LogP contribution >= 0.6 is 0 Å². The van der Waals surface area contributed by atoms with Crippen LogP contribution in [0.3, 0.4) is 0 Å². The first-order valence-electron chi connectivity index (χ1n) is 14.7. The van der Waals surface area contributed by atoms with Gasteiger partial charge in [0.25, 0.3) is 0 Å². The minimum atomic E-state index is -0.574. The summed E-state index contributed by atoms with van der Waals surface area (Å²) in [7, 11) is 0. The first kappa shape index (κ1) is 30.3. The Morgan fingerprint density at radius 1 is 1.10 bits per heavy atom. The third-order valence-electron chi connectivity index (χ3n) is 7.80. The van der Waals surface area contributed by atoms with Crippen LogP contribution in [0.5, 0.6) is 5.75 Å². The lowest BCUT2D eigenvalue weighted by atomic mass is 9.92. The van der Waals surface area contributed by atoms with Crippen molar-refractivity contribution in [2.24, 2.45) is 16.9 Å². The highest BCUT2D eigenvalue weighted by molar-refractivity contribution is 5.76. The second kappa shape index (κ2) is 14.3. The number of benzene rings is 2. The van der Waals surface area contributed by atoms with Gasteiger partial charge in [-0.2, -0.15) is 5.10 Å². The third-order valence-corrected chi connectivity index (χ3v) is 7.80. The Morgan fingerprint density at radius 3 is 2.51 bits per heavy atom. The van der Waals surface area contributed by atoms with Crippen LogP contribution in [0.2, 0.25) is 0 Å². The molecule has 41 heavy (non-hydrogen) atoms. The van der Waals surface area contributed by atoms with Crippen molar-refractivity contribution in [1.82, 2.24) is 9.91 Å². The van der Waals surface area contributed by atoms with Crippen molar-refractivity contribution in [3.05, 3.63) is 108 Å². The van der Waals surface area contributed by atoms with Gasteiger partial charge in [0.2, 0.25) is 0 Å². The summed E-state index contributed by atoms with van der Waals surface area (Å²) >= 11 is 0. The van der Waals surface area contributed by atoms with Gasteiger partial charge in [-0.15, -0.1) is 0 Å². The van der Waals surface area contributed by atoms with Crippen molar-refractivity contribution >= 4 is 11.8 Å². The molecule has 1 fully saturated rings. The summed E-state index contributed by atoms with van der Waals surface area (Å²) in [4.78, 5) is 2.31. The standard InChI is InChI=1S/C35H43F2N3O/c1-6-9-29(30-11-7-12-34(23-30)41-19-8-10-25(2)3)20-26(4)39-17-14-28(15-18-39)27(5)40-35(13-16-38-40)31-21-32(36)24-33(37)22-31/h6-7,9,11-12,16,20-25,28,35H,4-5,8,10,13-15,17-19H2,1-3H3/b9-6-,29-20+. The molecule has 0 amide bonds. The molecule has 2 heterocycles. The van der Waals surface area contributed by atoms with Gasteiger partial charge in [0.1, 0.15) is 17.4 Å². The molecule has 4 rings (SSSR count). The first-order valence-corrected chi connectivity index (χ1v) is 14.7. The number of hydrazone groups is 1. The molecule has 1 saturated heterocycles. The molecule has 0 spiro atoms. The van der Waals surface area contributed by atoms with Crippen LogP contribution in [-0.4, -0.2) is 35.8 Å². The summed E-state index contributed by atoms with van der Waals surface area (Å²) in [6, 6.07) is 11.7. The molecule has 1 atom stereocenters. The molecule has 0 aliphatic carbocycles. The quantitative estimate of drug-likeness (QED) is 0.192. The average Bonchev–Trinajstić information content (AvgIpc) is 3.44. The van der Waals surface area contributed by atoms with E-state index >= 15 is 0 Å². The van der Waals surface area contributed by atoms with Gasteiger partial charge in [-0.1, -0.05) is 51.3 Å². The zero-order valence-corrected chi connectivity index (χ0v) is 24.7. The normalized spacial score (nSPS) is 18.1. The Morgan fingerprint density at radius 2 is 1.83 bits per heavy atom. The van der Waals surface area contributed by atoms with Crippen LogP contribution in [0.4, 0.5) is 8.78 Å². The number of hydrogen-bond acceptors (Lipinski definition) is 4. The molecule has 4 nitrogen and oxygen atoms in total. The number of allylic oxidation sites excluding steroid dienone is 5. The van der Waals surface area contributed by atoms with E-state index in [9.17, 15) is 8.78 Å². The lowest BCUT2D eigenvalue weighted by Gasteiger charge is -2.38. The first-order chi connectivity index (χ1) is 19.7. The van der Waals surface area contributed by atoms with Crippen molar-refractivity contribution < 1.29 is 13.5 Å². The minimum Gasteiger partial charge on any atom is -0.494 e. The van der Waals surface area contributed by atoms with Gasteiger partial charge < -0.3 is 9.64 Å². The zero-order valence-electron chi connectivity index (χ0n) is 24.7. The molecular formula is C35H43F2N3O. The number of halogens is 2.